The lowest BCUT2D eigenvalue weighted by Crippen LogP contribution is -2.74. The van der Waals surface area contributed by atoms with Gasteiger partial charge in [0.05, 0.1) is 6.10 Å². The summed E-state index contributed by atoms with van der Waals surface area (Å²) >= 11 is 0. The zero-order valence-corrected chi connectivity index (χ0v) is 13.4. The van der Waals surface area contributed by atoms with Crippen LogP contribution >= 0.6 is 0 Å². The number of nitrogens with two attached hydrogens (primary N) is 1. The van der Waals surface area contributed by atoms with Gasteiger partial charge in [-0.3, -0.25) is 4.79 Å². The van der Waals surface area contributed by atoms with Crippen molar-refractivity contribution in [3.05, 3.63) is 24.3 Å². The molecular weight excluding hydrogens is 306 g/mol. The zero-order chi connectivity index (χ0) is 17.3. The number of hydrogen-bond acceptors (Lipinski definition) is 4. The summed E-state index contributed by atoms with van der Waals surface area (Å²) in [7, 11) is 0. The lowest BCUT2D eigenvalue weighted by Gasteiger charge is -2.57. The summed E-state index contributed by atoms with van der Waals surface area (Å²) in [4.78, 5) is 12.5. The number of amides is 1. The fourth-order valence-corrected chi connectivity index (χ4v) is 2.81. The normalized spacial score (nSPS) is 25.8. The molecule has 3 N–H and O–H groups in total. The maximum atomic E-state index is 12.5. The van der Waals surface area contributed by atoms with E-state index in [2.05, 4.69) is 10.1 Å². The molecule has 2 unspecified atom stereocenters. The molecule has 0 bridgehead atoms. The topological polar surface area (TPSA) is 73.6 Å². The van der Waals surface area contributed by atoms with E-state index in [1.165, 1.54) is 18.2 Å². The summed E-state index contributed by atoms with van der Waals surface area (Å²) in [5, 5.41) is 2.67. The SMILES string of the molecule is CCOC1CC(N)(C(=O)Nc2cccc(OC(F)F)c2)C1(C)C. The molecule has 0 radical (unpaired) electrons. The van der Waals surface area contributed by atoms with E-state index < -0.39 is 17.6 Å². The second kappa shape index (κ2) is 6.41. The molecule has 2 rings (SSSR count). The molecule has 1 aromatic rings. The second-order valence-electron chi connectivity index (χ2n) is 6.20. The first kappa shape index (κ1) is 17.6. The number of carbonyl (C=O) groups is 1. The van der Waals surface area contributed by atoms with Crippen molar-refractivity contribution in [2.24, 2.45) is 11.1 Å². The number of halogens is 2. The van der Waals surface area contributed by atoms with Gasteiger partial charge in [0.2, 0.25) is 5.91 Å². The minimum Gasteiger partial charge on any atom is -0.435 e. The number of nitrogens with one attached hydrogen (secondary N) is 1. The average molecular weight is 328 g/mol. The van der Waals surface area contributed by atoms with E-state index >= 15 is 0 Å². The fourth-order valence-electron chi connectivity index (χ4n) is 2.81. The summed E-state index contributed by atoms with van der Waals surface area (Å²) in [6.07, 6.45) is 0.323. The molecule has 1 amide bonds. The highest BCUT2D eigenvalue weighted by molar-refractivity contribution is 5.99. The lowest BCUT2D eigenvalue weighted by atomic mass is 9.54. The summed E-state index contributed by atoms with van der Waals surface area (Å²) in [5.41, 5.74) is 5.02. The van der Waals surface area contributed by atoms with Gasteiger partial charge in [0.1, 0.15) is 11.3 Å². The molecule has 23 heavy (non-hydrogen) atoms. The maximum absolute atomic E-state index is 12.5. The van der Waals surface area contributed by atoms with Crippen LogP contribution in [0.15, 0.2) is 24.3 Å². The molecule has 0 heterocycles. The summed E-state index contributed by atoms with van der Waals surface area (Å²) in [6.45, 7) is 3.29. The molecule has 0 aromatic heterocycles. The number of carbonyl (C=O) groups excluding carboxylic acids is 1. The Bertz CT molecular complexity index is 580. The Balaban J connectivity index is 2.08. The molecule has 5 nitrogen and oxygen atoms in total. The molecule has 0 saturated heterocycles. The van der Waals surface area contributed by atoms with Crippen LogP contribution in [-0.4, -0.2) is 30.8 Å². The molecule has 0 aliphatic heterocycles. The third kappa shape index (κ3) is 3.30. The van der Waals surface area contributed by atoms with Crippen molar-refractivity contribution in [3.8, 4) is 5.75 Å². The van der Waals surface area contributed by atoms with Crippen LogP contribution in [0.4, 0.5) is 14.5 Å². The van der Waals surface area contributed by atoms with Gasteiger partial charge in [0.15, 0.2) is 0 Å². The Kier molecular flexibility index (Phi) is 4.91. The van der Waals surface area contributed by atoms with Gasteiger partial charge in [0.25, 0.3) is 0 Å². The molecule has 1 aromatic carbocycles. The monoisotopic (exact) mass is 328 g/mol. The standard InChI is InChI=1S/C16H22F2N2O3/c1-4-22-12-9-16(19,15(12,2)3)13(21)20-10-6-5-7-11(8-10)23-14(17)18/h5-8,12,14H,4,9,19H2,1-3H3,(H,20,21). The highest BCUT2D eigenvalue weighted by Gasteiger charge is 2.62. The van der Waals surface area contributed by atoms with Gasteiger partial charge in [-0.05, 0) is 19.1 Å². The number of benzene rings is 1. The van der Waals surface area contributed by atoms with E-state index in [4.69, 9.17) is 10.5 Å². The Labute approximate surface area is 134 Å². The third-order valence-corrected chi connectivity index (χ3v) is 4.55. The Morgan fingerprint density at radius 3 is 2.74 bits per heavy atom. The van der Waals surface area contributed by atoms with Gasteiger partial charge < -0.3 is 20.5 Å². The van der Waals surface area contributed by atoms with Crippen molar-refractivity contribution >= 4 is 11.6 Å². The molecule has 1 aliphatic carbocycles. The van der Waals surface area contributed by atoms with Gasteiger partial charge >= 0.3 is 6.61 Å². The Morgan fingerprint density at radius 1 is 1.48 bits per heavy atom. The van der Waals surface area contributed by atoms with E-state index in [-0.39, 0.29) is 17.8 Å². The number of anilines is 1. The minimum atomic E-state index is -2.92. The molecule has 1 saturated carbocycles. The van der Waals surface area contributed by atoms with Crippen LogP contribution in [0.2, 0.25) is 0 Å². The summed E-state index contributed by atoms with van der Waals surface area (Å²) < 4.78 is 34.4. The fraction of sp³-hybridized carbons (Fsp3) is 0.562. The largest absolute Gasteiger partial charge is 0.435 e. The van der Waals surface area contributed by atoms with Crippen LogP contribution in [0.25, 0.3) is 0 Å². The summed E-state index contributed by atoms with van der Waals surface area (Å²) in [6, 6.07) is 5.83. The molecule has 7 heteroatoms. The quantitative estimate of drug-likeness (QED) is 0.842. The van der Waals surface area contributed by atoms with Crippen molar-refractivity contribution < 1.29 is 23.0 Å². The predicted molar refractivity (Wildman–Crippen MR) is 82.4 cm³/mol. The van der Waals surface area contributed by atoms with E-state index in [1.54, 1.807) is 6.07 Å². The number of ether oxygens (including phenoxy) is 2. The predicted octanol–water partition coefficient (Wildman–Crippen LogP) is 2.76. The number of hydrogen-bond donors (Lipinski definition) is 2. The van der Waals surface area contributed by atoms with Crippen molar-refractivity contribution in [3.63, 3.8) is 0 Å². The molecule has 1 aliphatic rings. The van der Waals surface area contributed by atoms with Crippen LogP contribution in [0.3, 0.4) is 0 Å². The van der Waals surface area contributed by atoms with Gasteiger partial charge in [-0.2, -0.15) is 8.78 Å². The van der Waals surface area contributed by atoms with E-state index in [1.807, 2.05) is 20.8 Å². The average Bonchev–Trinajstić information content (AvgIpc) is 2.46. The Hall–Kier alpha value is -1.73. The molecular formula is C16H22F2N2O3. The van der Waals surface area contributed by atoms with Crippen LogP contribution < -0.4 is 15.8 Å². The highest BCUT2D eigenvalue weighted by atomic mass is 19.3. The molecule has 1 fully saturated rings. The first-order chi connectivity index (χ1) is 10.7. The van der Waals surface area contributed by atoms with Gasteiger partial charge in [-0.25, -0.2) is 0 Å². The van der Waals surface area contributed by atoms with Crippen LogP contribution in [0.1, 0.15) is 27.2 Å². The van der Waals surface area contributed by atoms with E-state index in [9.17, 15) is 13.6 Å². The smallest absolute Gasteiger partial charge is 0.387 e. The van der Waals surface area contributed by atoms with E-state index in [0.29, 0.717) is 18.7 Å². The van der Waals surface area contributed by atoms with E-state index in [0.717, 1.165) is 0 Å². The number of alkyl halides is 2. The maximum Gasteiger partial charge on any atom is 0.387 e. The zero-order valence-electron chi connectivity index (χ0n) is 13.4. The van der Waals surface area contributed by atoms with Crippen LogP contribution in [0.5, 0.6) is 5.75 Å². The first-order valence-electron chi connectivity index (χ1n) is 7.47. The first-order valence-corrected chi connectivity index (χ1v) is 7.47. The number of rotatable bonds is 6. The highest BCUT2D eigenvalue weighted by Crippen LogP contribution is 2.50. The van der Waals surface area contributed by atoms with Crippen molar-refractivity contribution in [2.75, 3.05) is 11.9 Å². The lowest BCUT2D eigenvalue weighted by molar-refractivity contribution is -0.166. The van der Waals surface area contributed by atoms with Gasteiger partial charge in [0, 0.05) is 30.2 Å². The molecule has 128 valence electrons. The summed E-state index contributed by atoms with van der Waals surface area (Å²) in [5.74, 6) is -0.392. The van der Waals surface area contributed by atoms with Crippen LogP contribution in [0, 0.1) is 5.41 Å². The van der Waals surface area contributed by atoms with Crippen molar-refractivity contribution in [2.45, 2.75) is 45.4 Å². The molecule has 2 atom stereocenters. The van der Waals surface area contributed by atoms with Crippen molar-refractivity contribution in [1.82, 2.24) is 0 Å². The van der Waals surface area contributed by atoms with Gasteiger partial charge in [-0.15, -0.1) is 0 Å². The second-order valence-corrected chi connectivity index (χ2v) is 6.20. The third-order valence-electron chi connectivity index (χ3n) is 4.55. The molecule has 0 spiro atoms. The van der Waals surface area contributed by atoms with Crippen LogP contribution in [-0.2, 0) is 9.53 Å². The minimum absolute atomic E-state index is 0.0241. The van der Waals surface area contributed by atoms with Crippen molar-refractivity contribution in [1.29, 1.82) is 0 Å². The van der Waals surface area contributed by atoms with Gasteiger partial charge in [-0.1, -0.05) is 19.9 Å². The Morgan fingerprint density at radius 2 is 2.17 bits per heavy atom.